The Hall–Kier alpha value is -3.13. The van der Waals surface area contributed by atoms with Gasteiger partial charge in [-0.3, -0.25) is 14.3 Å². The predicted molar refractivity (Wildman–Crippen MR) is 111 cm³/mol. The van der Waals surface area contributed by atoms with Gasteiger partial charge in [0, 0.05) is 24.7 Å². The highest BCUT2D eigenvalue weighted by atomic mass is 35.5. The fraction of sp³-hybridized carbons (Fsp3) is 0.300. The highest BCUT2D eigenvalue weighted by Gasteiger charge is 2.17. The Morgan fingerprint density at radius 2 is 2.07 bits per heavy atom. The third-order valence-corrected chi connectivity index (χ3v) is 4.83. The van der Waals surface area contributed by atoms with Gasteiger partial charge < -0.3 is 9.30 Å². The minimum atomic E-state index is -0.575. The van der Waals surface area contributed by atoms with Crippen molar-refractivity contribution in [1.29, 1.82) is 0 Å². The van der Waals surface area contributed by atoms with Crippen LogP contribution in [-0.2, 0) is 29.7 Å². The van der Waals surface area contributed by atoms with E-state index in [4.69, 9.17) is 16.3 Å². The summed E-state index contributed by atoms with van der Waals surface area (Å²) in [5.74, 6) is -0.213. The number of hydrogen-bond acceptors (Lipinski definition) is 5. The molecule has 2 aromatic heterocycles. The fourth-order valence-electron chi connectivity index (χ4n) is 2.90. The second-order valence-electron chi connectivity index (χ2n) is 6.49. The summed E-state index contributed by atoms with van der Waals surface area (Å²) in [5, 5.41) is 0.524. The summed E-state index contributed by atoms with van der Waals surface area (Å²) in [6, 6.07) is 7.11. The number of esters is 1. The fourth-order valence-corrected chi connectivity index (χ4v) is 3.09. The first-order valence-corrected chi connectivity index (χ1v) is 9.58. The molecule has 0 aliphatic rings. The number of benzene rings is 1. The van der Waals surface area contributed by atoms with E-state index in [0.29, 0.717) is 23.0 Å². The minimum Gasteiger partial charge on any atom is -0.454 e. The summed E-state index contributed by atoms with van der Waals surface area (Å²) < 4.78 is 8.20. The van der Waals surface area contributed by atoms with Gasteiger partial charge in [-0.2, -0.15) is 0 Å². The van der Waals surface area contributed by atoms with E-state index in [1.165, 1.54) is 15.2 Å². The van der Waals surface area contributed by atoms with Crippen LogP contribution >= 0.6 is 11.6 Å². The Labute approximate surface area is 171 Å². The molecule has 0 aliphatic carbocycles. The molecule has 3 rings (SSSR count). The van der Waals surface area contributed by atoms with Crippen molar-refractivity contribution in [1.82, 2.24) is 19.1 Å². The molecule has 0 saturated carbocycles. The molecule has 0 unspecified atom stereocenters. The van der Waals surface area contributed by atoms with Gasteiger partial charge in [-0.1, -0.05) is 43.1 Å². The van der Waals surface area contributed by atoms with Crippen molar-refractivity contribution in [2.24, 2.45) is 7.05 Å². The number of ether oxygens (including phenoxy) is 1. The molecule has 152 valence electrons. The van der Waals surface area contributed by atoms with Gasteiger partial charge in [0.05, 0.1) is 0 Å². The van der Waals surface area contributed by atoms with Crippen LogP contribution in [0.1, 0.15) is 31.2 Å². The second-order valence-corrected chi connectivity index (χ2v) is 6.89. The lowest BCUT2D eigenvalue weighted by Gasteiger charge is -2.04. The van der Waals surface area contributed by atoms with Gasteiger partial charge in [-0.25, -0.2) is 14.6 Å². The molecular weight excluding hydrogens is 396 g/mol. The number of carbonyl (C=O) groups is 1. The van der Waals surface area contributed by atoms with Gasteiger partial charge >= 0.3 is 11.7 Å². The van der Waals surface area contributed by atoms with Crippen molar-refractivity contribution in [2.75, 3.05) is 0 Å². The first-order chi connectivity index (χ1) is 13.9. The lowest BCUT2D eigenvalue weighted by molar-refractivity contribution is -0.139. The summed E-state index contributed by atoms with van der Waals surface area (Å²) >= 11 is 6.05. The summed E-state index contributed by atoms with van der Waals surface area (Å²) in [6.07, 6.45) is 4.50. The van der Waals surface area contributed by atoms with Crippen LogP contribution < -0.4 is 11.2 Å². The number of nitrogens with one attached hydrogen (secondary N) is 1. The Morgan fingerprint density at radius 3 is 2.79 bits per heavy atom. The van der Waals surface area contributed by atoms with Crippen LogP contribution in [0.4, 0.5) is 0 Å². The second kappa shape index (κ2) is 8.91. The normalized spacial score (nSPS) is 11.4. The van der Waals surface area contributed by atoms with Crippen LogP contribution in [0.3, 0.4) is 0 Å². The molecule has 0 bridgehead atoms. The van der Waals surface area contributed by atoms with E-state index in [-0.39, 0.29) is 17.8 Å². The Kier molecular flexibility index (Phi) is 6.33. The van der Waals surface area contributed by atoms with Crippen LogP contribution in [0, 0.1) is 0 Å². The zero-order valence-corrected chi connectivity index (χ0v) is 16.9. The number of rotatable bonds is 7. The van der Waals surface area contributed by atoms with E-state index >= 15 is 0 Å². The summed E-state index contributed by atoms with van der Waals surface area (Å²) in [4.78, 5) is 43.1. The lowest BCUT2D eigenvalue weighted by Crippen LogP contribution is -2.31. The quantitative estimate of drug-likeness (QED) is 0.471. The number of H-pyrrole nitrogens is 1. The largest absolute Gasteiger partial charge is 0.454 e. The van der Waals surface area contributed by atoms with Crippen molar-refractivity contribution < 1.29 is 9.53 Å². The van der Waals surface area contributed by atoms with Gasteiger partial charge in [-0.05, 0) is 24.1 Å². The lowest BCUT2D eigenvalue weighted by atomic mass is 10.2. The Bertz CT molecular complexity index is 1190. The van der Waals surface area contributed by atoms with E-state index in [2.05, 4.69) is 9.97 Å². The van der Waals surface area contributed by atoms with Crippen LogP contribution in [0.2, 0.25) is 5.02 Å². The van der Waals surface area contributed by atoms with Gasteiger partial charge in [0.2, 0.25) is 0 Å². The van der Waals surface area contributed by atoms with E-state index in [1.54, 1.807) is 31.3 Å². The number of carbonyl (C=O) groups excluding carboxylic acids is 1. The highest BCUT2D eigenvalue weighted by Crippen LogP contribution is 2.16. The van der Waals surface area contributed by atoms with Crippen LogP contribution in [0.15, 0.2) is 39.9 Å². The maximum atomic E-state index is 12.2. The Morgan fingerprint density at radius 1 is 1.31 bits per heavy atom. The maximum absolute atomic E-state index is 12.2. The zero-order chi connectivity index (χ0) is 21.0. The van der Waals surface area contributed by atoms with E-state index < -0.39 is 17.2 Å². The van der Waals surface area contributed by atoms with Crippen molar-refractivity contribution in [3.05, 3.63) is 67.6 Å². The molecule has 29 heavy (non-hydrogen) atoms. The number of nitrogens with zero attached hydrogens (tertiary/aromatic N) is 3. The number of aromatic amines is 1. The first-order valence-electron chi connectivity index (χ1n) is 9.20. The topological polar surface area (TPSA) is 99.0 Å². The highest BCUT2D eigenvalue weighted by molar-refractivity contribution is 6.32. The molecule has 1 N–H and O–H groups in total. The SMILES string of the molecule is CCCCn1c(=O)[nH]c(=O)c2c1nc(COC(=O)/C=C/c1ccccc1Cl)n2C. The van der Waals surface area contributed by atoms with Crippen LogP contribution in [0.5, 0.6) is 0 Å². The molecule has 0 saturated heterocycles. The molecule has 0 fully saturated rings. The standard InChI is InChI=1S/C20H21ClN4O4/c1-3-4-11-25-18-17(19(27)23-20(25)28)24(2)15(22-18)12-29-16(26)10-9-13-7-5-6-8-14(13)21/h5-10H,3-4,11-12H2,1-2H3,(H,23,27,28)/b10-9+. The molecule has 0 atom stereocenters. The molecule has 2 heterocycles. The zero-order valence-electron chi connectivity index (χ0n) is 16.1. The van der Waals surface area contributed by atoms with Gasteiger partial charge in [-0.15, -0.1) is 0 Å². The summed E-state index contributed by atoms with van der Waals surface area (Å²) in [6.45, 7) is 2.31. The van der Waals surface area contributed by atoms with E-state index in [0.717, 1.165) is 12.8 Å². The van der Waals surface area contributed by atoms with Crippen molar-refractivity contribution in [2.45, 2.75) is 32.9 Å². The molecule has 3 aromatic rings. The van der Waals surface area contributed by atoms with E-state index in [9.17, 15) is 14.4 Å². The van der Waals surface area contributed by atoms with Crippen molar-refractivity contribution in [3.8, 4) is 0 Å². The maximum Gasteiger partial charge on any atom is 0.331 e. The first kappa shape index (κ1) is 20.6. The summed E-state index contributed by atoms with van der Waals surface area (Å²) in [7, 11) is 1.64. The molecule has 8 nitrogen and oxygen atoms in total. The Balaban J connectivity index is 1.82. The van der Waals surface area contributed by atoms with Gasteiger partial charge in [0.1, 0.15) is 12.4 Å². The predicted octanol–water partition coefficient (Wildman–Crippen LogP) is 2.63. The van der Waals surface area contributed by atoms with Gasteiger partial charge in [0.25, 0.3) is 5.56 Å². The third-order valence-electron chi connectivity index (χ3n) is 4.49. The smallest absolute Gasteiger partial charge is 0.331 e. The average molecular weight is 417 g/mol. The molecule has 0 spiro atoms. The number of aromatic nitrogens is 4. The molecule has 1 aromatic carbocycles. The molecule has 0 radical (unpaired) electrons. The van der Waals surface area contributed by atoms with Crippen LogP contribution in [0.25, 0.3) is 17.2 Å². The molecular formula is C20H21ClN4O4. The number of unbranched alkanes of at least 4 members (excludes halogenated alkanes) is 1. The number of hydrogen-bond donors (Lipinski definition) is 1. The van der Waals surface area contributed by atoms with Crippen molar-refractivity contribution in [3.63, 3.8) is 0 Å². The average Bonchev–Trinajstić information content (AvgIpc) is 3.02. The molecule has 0 amide bonds. The van der Waals surface area contributed by atoms with Crippen LogP contribution in [-0.4, -0.2) is 25.1 Å². The minimum absolute atomic E-state index is 0.141. The molecule has 0 aliphatic heterocycles. The summed E-state index contributed by atoms with van der Waals surface area (Å²) in [5.41, 5.74) is 0.218. The monoisotopic (exact) mass is 416 g/mol. The third kappa shape index (κ3) is 4.48. The van der Waals surface area contributed by atoms with E-state index in [1.807, 2.05) is 13.0 Å². The number of fused-ring (bicyclic) bond motifs is 1. The number of halogens is 1. The number of imidazole rings is 1. The molecule has 9 heteroatoms. The van der Waals surface area contributed by atoms with Gasteiger partial charge in [0.15, 0.2) is 11.2 Å². The van der Waals surface area contributed by atoms with Crippen molar-refractivity contribution >= 4 is 34.8 Å². The number of aryl methyl sites for hydroxylation is 2.